The van der Waals surface area contributed by atoms with Crippen LogP contribution in [0.15, 0.2) is 29.1 Å². The van der Waals surface area contributed by atoms with Crippen LogP contribution in [0.4, 0.5) is 5.69 Å². The second-order valence-corrected chi connectivity index (χ2v) is 6.05. The van der Waals surface area contributed by atoms with Crippen molar-refractivity contribution in [2.75, 3.05) is 6.54 Å². The molecule has 0 spiro atoms. The fraction of sp³-hybridized carbons (Fsp3) is 0.353. The van der Waals surface area contributed by atoms with Crippen LogP contribution >= 0.6 is 0 Å². The molecule has 0 aliphatic heterocycles. The molecule has 0 saturated heterocycles. The zero-order valence-corrected chi connectivity index (χ0v) is 13.8. The van der Waals surface area contributed by atoms with Crippen LogP contribution in [0.2, 0.25) is 0 Å². The molecule has 0 unspecified atom stereocenters. The second kappa shape index (κ2) is 6.84. The molecule has 3 rings (SSSR count). The summed E-state index contributed by atoms with van der Waals surface area (Å²) in [7, 11) is 0. The van der Waals surface area contributed by atoms with Crippen molar-refractivity contribution in [3.05, 3.63) is 67.1 Å². The highest BCUT2D eigenvalue weighted by atomic mass is 16.6. The molecular weight excluding hydrogens is 324 g/mol. The van der Waals surface area contributed by atoms with Crippen LogP contribution in [0.1, 0.15) is 33.6 Å². The SMILES string of the molecule is Cc1ccc(C(=O)NCCn2nc3c(cc2=O)CCC3)cc1[N+](=O)[O-]. The van der Waals surface area contributed by atoms with Gasteiger partial charge < -0.3 is 5.32 Å². The van der Waals surface area contributed by atoms with Crippen molar-refractivity contribution in [1.82, 2.24) is 15.1 Å². The molecule has 1 aliphatic rings. The van der Waals surface area contributed by atoms with Gasteiger partial charge in [0, 0.05) is 29.8 Å². The smallest absolute Gasteiger partial charge is 0.273 e. The van der Waals surface area contributed by atoms with E-state index >= 15 is 0 Å². The minimum atomic E-state index is -0.514. The van der Waals surface area contributed by atoms with E-state index in [9.17, 15) is 19.7 Å². The van der Waals surface area contributed by atoms with Gasteiger partial charge in [-0.2, -0.15) is 5.10 Å². The predicted octanol–water partition coefficient (Wildman–Crippen LogP) is 1.38. The van der Waals surface area contributed by atoms with Gasteiger partial charge in [0.2, 0.25) is 0 Å². The van der Waals surface area contributed by atoms with E-state index in [-0.39, 0.29) is 29.9 Å². The molecule has 0 saturated carbocycles. The first-order valence-corrected chi connectivity index (χ1v) is 8.09. The van der Waals surface area contributed by atoms with Gasteiger partial charge in [-0.1, -0.05) is 6.07 Å². The van der Waals surface area contributed by atoms with Crippen LogP contribution in [0.25, 0.3) is 0 Å². The van der Waals surface area contributed by atoms with Crippen LogP contribution in [-0.4, -0.2) is 27.2 Å². The topological polar surface area (TPSA) is 107 Å². The van der Waals surface area contributed by atoms with E-state index in [1.807, 2.05) is 0 Å². The molecule has 0 atom stereocenters. The van der Waals surface area contributed by atoms with Crippen LogP contribution in [0.5, 0.6) is 0 Å². The first-order chi connectivity index (χ1) is 12.0. The number of hydrogen-bond donors (Lipinski definition) is 1. The summed E-state index contributed by atoms with van der Waals surface area (Å²) in [6.07, 6.45) is 2.77. The highest BCUT2D eigenvalue weighted by Gasteiger charge is 2.16. The molecule has 1 amide bonds. The van der Waals surface area contributed by atoms with Gasteiger partial charge in [-0.05, 0) is 37.8 Å². The van der Waals surface area contributed by atoms with Crippen molar-refractivity contribution >= 4 is 11.6 Å². The number of fused-ring (bicyclic) bond motifs is 1. The Hall–Kier alpha value is -3.03. The summed E-state index contributed by atoms with van der Waals surface area (Å²) < 4.78 is 1.35. The maximum atomic E-state index is 12.2. The van der Waals surface area contributed by atoms with Crippen LogP contribution < -0.4 is 10.9 Å². The average molecular weight is 342 g/mol. The van der Waals surface area contributed by atoms with E-state index in [0.717, 1.165) is 30.5 Å². The van der Waals surface area contributed by atoms with E-state index in [0.29, 0.717) is 5.56 Å². The normalized spacial score (nSPS) is 12.7. The monoisotopic (exact) mass is 342 g/mol. The van der Waals surface area contributed by atoms with Gasteiger partial charge in [-0.15, -0.1) is 0 Å². The van der Waals surface area contributed by atoms with Crippen molar-refractivity contribution in [2.45, 2.75) is 32.7 Å². The molecule has 8 nitrogen and oxygen atoms in total. The summed E-state index contributed by atoms with van der Waals surface area (Å²) in [5.41, 5.74) is 2.39. The van der Waals surface area contributed by atoms with Crippen LogP contribution in [-0.2, 0) is 19.4 Å². The zero-order chi connectivity index (χ0) is 18.0. The fourth-order valence-electron chi connectivity index (χ4n) is 2.92. The largest absolute Gasteiger partial charge is 0.350 e. The summed E-state index contributed by atoms with van der Waals surface area (Å²) in [4.78, 5) is 34.6. The van der Waals surface area contributed by atoms with Crippen LogP contribution in [0.3, 0.4) is 0 Å². The third kappa shape index (κ3) is 3.57. The van der Waals surface area contributed by atoms with Gasteiger partial charge >= 0.3 is 0 Å². The van der Waals surface area contributed by atoms with E-state index in [1.165, 1.54) is 16.8 Å². The number of benzene rings is 1. The van der Waals surface area contributed by atoms with Crippen molar-refractivity contribution in [2.24, 2.45) is 0 Å². The molecule has 1 heterocycles. The molecule has 8 heteroatoms. The number of nitro benzene ring substituents is 1. The molecule has 1 aromatic heterocycles. The third-order valence-corrected chi connectivity index (χ3v) is 4.30. The standard InChI is InChI=1S/C17H18N4O4/c1-11-5-6-13(9-15(11)21(24)25)17(23)18-7-8-20-16(22)10-12-3-2-4-14(12)19-20/h5-6,9-10H,2-4,7-8H2,1H3,(H,18,23). The summed E-state index contributed by atoms with van der Waals surface area (Å²) in [5.74, 6) is -0.419. The van der Waals surface area contributed by atoms with Gasteiger partial charge in [-0.3, -0.25) is 19.7 Å². The third-order valence-electron chi connectivity index (χ3n) is 4.30. The summed E-state index contributed by atoms with van der Waals surface area (Å²) >= 11 is 0. The van der Waals surface area contributed by atoms with E-state index in [1.54, 1.807) is 19.1 Å². The van der Waals surface area contributed by atoms with Crippen molar-refractivity contribution in [1.29, 1.82) is 0 Å². The van der Waals surface area contributed by atoms with Gasteiger partial charge in [0.1, 0.15) is 0 Å². The Morgan fingerprint density at radius 3 is 2.92 bits per heavy atom. The number of aryl methyl sites for hydroxylation is 3. The lowest BCUT2D eigenvalue weighted by molar-refractivity contribution is -0.385. The molecule has 0 radical (unpaired) electrons. The lowest BCUT2D eigenvalue weighted by atomic mass is 10.1. The van der Waals surface area contributed by atoms with E-state index in [4.69, 9.17) is 0 Å². The number of amides is 1. The Bertz CT molecular complexity index is 904. The number of hydrogen-bond acceptors (Lipinski definition) is 5. The molecular formula is C17H18N4O4. The fourth-order valence-corrected chi connectivity index (χ4v) is 2.92. The molecule has 0 bridgehead atoms. The molecule has 0 fully saturated rings. The Morgan fingerprint density at radius 1 is 1.36 bits per heavy atom. The second-order valence-electron chi connectivity index (χ2n) is 6.05. The number of carbonyl (C=O) groups is 1. The zero-order valence-electron chi connectivity index (χ0n) is 13.8. The quantitative estimate of drug-likeness (QED) is 0.652. The summed E-state index contributed by atoms with van der Waals surface area (Å²) in [6.45, 7) is 2.09. The molecule has 2 aromatic rings. The number of nitrogens with one attached hydrogen (secondary N) is 1. The van der Waals surface area contributed by atoms with E-state index < -0.39 is 10.8 Å². The van der Waals surface area contributed by atoms with Crippen molar-refractivity contribution in [3.63, 3.8) is 0 Å². The van der Waals surface area contributed by atoms with Gasteiger partial charge in [0.15, 0.2) is 0 Å². The molecule has 25 heavy (non-hydrogen) atoms. The molecule has 130 valence electrons. The first-order valence-electron chi connectivity index (χ1n) is 8.09. The number of carbonyl (C=O) groups excluding carboxylic acids is 1. The van der Waals surface area contributed by atoms with Gasteiger partial charge in [0.05, 0.1) is 17.2 Å². The number of nitrogens with zero attached hydrogens (tertiary/aromatic N) is 3. The minimum Gasteiger partial charge on any atom is -0.350 e. The Labute approximate surface area is 143 Å². The number of rotatable bonds is 5. The Morgan fingerprint density at radius 2 is 2.16 bits per heavy atom. The Balaban J connectivity index is 1.65. The van der Waals surface area contributed by atoms with Crippen molar-refractivity contribution < 1.29 is 9.72 Å². The maximum absolute atomic E-state index is 12.2. The molecule has 1 aromatic carbocycles. The lowest BCUT2D eigenvalue weighted by Gasteiger charge is -2.09. The molecule has 1 N–H and O–H groups in total. The maximum Gasteiger partial charge on any atom is 0.273 e. The first kappa shape index (κ1) is 16.8. The predicted molar refractivity (Wildman–Crippen MR) is 90.7 cm³/mol. The van der Waals surface area contributed by atoms with Gasteiger partial charge in [-0.25, -0.2) is 4.68 Å². The van der Waals surface area contributed by atoms with Gasteiger partial charge in [0.25, 0.3) is 17.2 Å². The number of nitro groups is 1. The summed E-state index contributed by atoms with van der Waals surface area (Å²) in [5, 5.41) is 18.0. The minimum absolute atomic E-state index is 0.0934. The lowest BCUT2D eigenvalue weighted by Crippen LogP contribution is -2.32. The van der Waals surface area contributed by atoms with Crippen molar-refractivity contribution in [3.8, 4) is 0 Å². The highest BCUT2D eigenvalue weighted by Crippen LogP contribution is 2.19. The number of aromatic nitrogens is 2. The highest BCUT2D eigenvalue weighted by molar-refractivity contribution is 5.94. The molecule has 1 aliphatic carbocycles. The average Bonchev–Trinajstić information content (AvgIpc) is 3.02. The van der Waals surface area contributed by atoms with Crippen LogP contribution in [0, 0.1) is 17.0 Å². The Kier molecular flexibility index (Phi) is 4.60. The van der Waals surface area contributed by atoms with E-state index in [2.05, 4.69) is 10.4 Å². The summed E-state index contributed by atoms with van der Waals surface area (Å²) in [6, 6.07) is 5.95.